The average molecular weight is 279 g/mol. The standard InChI is InChI=1S/C13H15BrN2/c1-2-9-3-4-11-10(7-9)13(14)12-8-15-5-6-16(11)12/h3-4,7,15H,2,5-6,8H2,1H3. The van der Waals surface area contributed by atoms with E-state index >= 15 is 0 Å². The number of aryl methyl sites for hydroxylation is 1. The van der Waals surface area contributed by atoms with Gasteiger partial charge in [-0.2, -0.15) is 0 Å². The Balaban J connectivity index is 2.30. The van der Waals surface area contributed by atoms with Gasteiger partial charge in [0.1, 0.15) is 0 Å². The fourth-order valence-corrected chi connectivity index (χ4v) is 3.13. The molecule has 1 aromatic carbocycles. The van der Waals surface area contributed by atoms with Crippen LogP contribution in [0.1, 0.15) is 18.2 Å². The second-order valence-corrected chi connectivity index (χ2v) is 5.09. The summed E-state index contributed by atoms with van der Waals surface area (Å²) in [5, 5.41) is 4.78. The van der Waals surface area contributed by atoms with Crippen LogP contribution in [0.3, 0.4) is 0 Å². The number of halogens is 1. The molecule has 1 aromatic heterocycles. The molecule has 3 rings (SSSR count). The lowest BCUT2D eigenvalue weighted by molar-refractivity contribution is 0.525. The molecule has 0 unspecified atom stereocenters. The molecule has 84 valence electrons. The molecule has 2 aromatic rings. The Hall–Kier alpha value is -0.800. The number of fused-ring (bicyclic) bond motifs is 3. The van der Waals surface area contributed by atoms with Gasteiger partial charge in [0.05, 0.1) is 0 Å². The second-order valence-electron chi connectivity index (χ2n) is 4.29. The van der Waals surface area contributed by atoms with Crippen molar-refractivity contribution in [1.29, 1.82) is 0 Å². The molecule has 2 nitrogen and oxygen atoms in total. The molecule has 0 bridgehead atoms. The SMILES string of the molecule is CCc1ccc2c(c1)c(Br)c1n2CCNC1. The number of nitrogens with zero attached hydrogens (tertiary/aromatic N) is 1. The van der Waals surface area contributed by atoms with Crippen molar-refractivity contribution in [2.75, 3.05) is 6.54 Å². The molecule has 0 fully saturated rings. The van der Waals surface area contributed by atoms with Crippen LogP contribution < -0.4 is 5.32 Å². The Kier molecular flexibility index (Phi) is 2.52. The van der Waals surface area contributed by atoms with Gasteiger partial charge >= 0.3 is 0 Å². The zero-order valence-corrected chi connectivity index (χ0v) is 11.0. The first-order valence-corrected chi connectivity index (χ1v) is 6.60. The van der Waals surface area contributed by atoms with Crippen LogP contribution in [0.5, 0.6) is 0 Å². The molecule has 0 saturated heterocycles. The van der Waals surface area contributed by atoms with E-state index < -0.39 is 0 Å². The summed E-state index contributed by atoms with van der Waals surface area (Å²) >= 11 is 3.74. The summed E-state index contributed by atoms with van der Waals surface area (Å²) in [4.78, 5) is 0. The lowest BCUT2D eigenvalue weighted by atomic mass is 10.1. The molecule has 0 amide bonds. The topological polar surface area (TPSA) is 17.0 Å². The van der Waals surface area contributed by atoms with Crippen LogP contribution in [0, 0.1) is 0 Å². The molecule has 1 aliphatic heterocycles. The minimum Gasteiger partial charge on any atom is -0.341 e. The van der Waals surface area contributed by atoms with Crippen molar-refractivity contribution >= 4 is 26.8 Å². The predicted octanol–water partition coefficient (Wildman–Crippen LogP) is 3.07. The highest BCUT2D eigenvalue weighted by molar-refractivity contribution is 9.10. The van der Waals surface area contributed by atoms with Crippen LogP contribution in [-0.4, -0.2) is 11.1 Å². The number of rotatable bonds is 1. The zero-order chi connectivity index (χ0) is 11.1. The molecular weight excluding hydrogens is 264 g/mol. The summed E-state index contributed by atoms with van der Waals surface area (Å²) < 4.78 is 3.69. The minimum absolute atomic E-state index is 0.969. The van der Waals surface area contributed by atoms with Gasteiger partial charge in [-0.1, -0.05) is 13.0 Å². The van der Waals surface area contributed by atoms with Gasteiger partial charge in [-0.3, -0.25) is 0 Å². The van der Waals surface area contributed by atoms with E-state index in [2.05, 4.69) is 50.9 Å². The van der Waals surface area contributed by atoms with Crippen molar-refractivity contribution in [3.05, 3.63) is 33.9 Å². The third kappa shape index (κ3) is 1.42. The number of nitrogens with one attached hydrogen (secondary N) is 1. The van der Waals surface area contributed by atoms with Crippen molar-refractivity contribution in [2.24, 2.45) is 0 Å². The van der Waals surface area contributed by atoms with Gasteiger partial charge in [0.15, 0.2) is 0 Å². The Morgan fingerprint density at radius 2 is 2.31 bits per heavy atom. The minimum atomic E-state index is 0.969. The molecule has 3 heteroatoms. The van der Waals surface area contributed by atoms with Gasteiger partial charge in [-0.25, -0.2) is 0 Å². The Morgan fingerprint density at radius 1 is 1.44 bits per heavy atom. The fraction of sp³-hybridized carbons (Fsp3) is 0.385. The molecule has 1 aliphatic rings. The molecule has 0 saturated carbocycles. The lowest BCUT2D eigenvalue weighted by Crippen LogP contribution is -2.27. The van der Waals surface area contributed by atoms with E-state index in [0.717, 1.165) is 26.1 Å². The Bertz CT molecular complexity index is 542. The normalized spacial score (nSPS) is 15.4. The van der Waals surface area contributed by atoms with Crippen LogP contribution in [0.4, 0.5) is 0 Å². The summed E-state index contributed by atoms with van der Waals surface area (Å²) in [7, 11) is 0. The fourth-order valence-electron chi connectivity index (χ4n) is 2.46. The summed E-state index contributed by atoms with van der Waals surface area (Å²) in [6, 6.07) is 6.81. The van der Waals surface area contributed by atoms with Crippen LogP contribution in [-0.2, 0) is 19.5 Å². The molecule has 0 spiro atoms. The highest BCUT2D eigenvalue weighted by Gasteiger charge is 2.17. The smallest absolute Gasteiger partial charge is 0.0495 e. The summed E-state index contributed by atoms with van der Waals surface area (Å²) in [5.41, 5.74) is 4.15. The van der Waals surface area contributed by atoms with Gasteiger partial charge < -0.3 is 9.88 Å². The molecule has 1 N–H and O–H groups in total. The molecule has 0 aliphatic carbocycles. The van der Waals surface area contributed by atoms with Gasteiger partial charge in [-0.15, -0.1) is 0 Å². The van der Waals surface area contributed by atoms with Crippen molar-refractivity contribution < 1.29 is 0 Å². The zero-order valence-electron chi connectivity index (χ0n) is 9.39. The van der Waals surface area contributed by atoms with Crippen molar-refractivity contribution in [3.63, 3.8) is 0 Å². The van der Waals surface area contributed by atoms with E-state index in [1.54, 1.807) is 0 Å². The molecular formula is C13H15BrN2. The summed E-state index contributed by atoms with van der Waals surface area (Å²) in [5.74, 6) is 0. The quantitative estimate of drug-likeness (QED) is 0.849. The molecule has 0 atom stereocenters. The van der Waals surface area contributed by atoms with Crippen molar-refractivity contribution in [2.45, 2.75) is 26.4 Å². The van der Waals surface area contributed by atoms with Gasteiger partial charge in [-0.05, 0) is 40.0 Å². The van der Waals surface area contributed by atoms with Crippen molar-refractivity contribution in [3.8, 4) is 0 Å². The number of aromatic nitrogens is 1. The predicted molar refractivity (Wildman–Crippen MR) is 70.7 cm³/mol. The summed E-state index contributed by atoms with van der Waals surface area (Å²) in [6.07, 6.45) is 1.10. The summed E-state index contributed by atoms with van der Waals surface area (Å²) in [6.45, 7) is 5.31. The number of benzene rings is 1. The molecule has 16 heavy (non-hydrogen) atoms. The van der Waals surface area contributed by atoms with Crippen molar-refractivity contribution in [1.82, 2.24) is 9.88 Å². The highest BCUT2D eigenvalue weighted by Crippen LogP contribution is 2.32. The van der Waals surface area contributed by atoms with E-state index in [-0.39, 0.29) is 0 Å². The van der Waals surface area contributed by atoms with Gasteiger partial charge in [0, 0.05) is 40.7 Å². The van der Waals surface area contributed by atoms with E-state index in [9.17, 15) is 0 Å². The van der Waals surface area contributed by atoms with Gasteiger partial charge in [0.25, 0.3) is 0 Å². The maximum absolute atomic E-state index is 3.74. The first-order valence-electron chi connectivity index (χ1n) is 5.81. The molecule has 0 radical (unpaired) electrons. The molecule has 2 heterocycles. The first kappa shape index (κ1) is 10.4. The maximum Gasteiger partial charge on any atom is 0.0495 e. The van der Waals surface area contributed by atoms with Gasteiger partial charge in [0.2, 0.25) is 0 Å². The Morgan fingerprint density at radius 3 is 3.12 bits per heavy atom. The first-order chi connectivity index (χ1) is 7.81. The van der Waals surface area contributed by atoms with Crippen LogP contribution in [0.2, 0.25) is 0 Å². The largest absolute Gasteiger partial charge is 0.341 e. The van der Waals surface area contributed by atoms with E-state index in [4.69, 9.17) is 0 Å². The van der Waals surface area contributed by atoms with E-state index in [0.29, 0.717) is 0 Å². The highest BCUT2D eigenvalue weighted by atomic mass is 79.9. The third-order valence-electron chi connectivity index (χ3n) is 3.38. The lowest BCUT2D eigenvalue weighted by Gasteiger charge is -2.17. The number of hydrogen-bond donors (Lipinski definition) is 1. The maximum atomic E-state index is 3.74. The van der Waals surface area contributed by atoms with Crippen LogP contribution in [0.15, 0.2) is 22.7 Å². The Labute approximate surface area is 104 Å². The number of hydrogen-bond acceptors (Lipinski definition) is 1. The average Bonchev–Trinajstić information content (AvgIpc) is 2.64. The second kappa shape index (κ2) is 3.90. The van der Waals surface area contributed by atoms with E-state index in [1.165, 1.54) is 26.6 Å². The van der Waals surface area contributed by atoms with Crippen LogP contribution >= 0.6 is 15.9 Å². The van der Waals surface area contributed by atoms with Crippen LogP contribution in [0.25, 0.3) is 10.9 Å². The third-order valence-corrected chi connectivity index (χ3v) is 4.27. The van der Waals surface area contributed by atoms with E-state index in [1.807, 2.05) is 0 Å². The monoisotopic (exact) mass is 278 g/mol.